The molecule has 2 unspecified atom stereocenters. The predicted molar refractivity (Wildman–Crippen MR) is 169 cm³/mol. The summed E-state index contributed by atoms with van der Waals surface area (Å²) >= 11 is 11.9. The van der Waals surface area contributed by atoms with E-state index in [1.54, 1.807) is 13.8 Å². The van der Waals surface area contributed by atoms with E-state index in [9.17, 15) is 37.5 Å². The van der Waals surface area contributed by atoms with Crippen molar-refractivity contribution in [3.63, 3.8) is 0 Å². The predicted octanol–water partition coefficient (Wildman–Crippen LogP) is 4.46. The lowest BCUT2D eigenvalue weighted by Gasteiger charge is -2.21. The Balaban J connectivity index is 0.000000264. The normalized spacial score (nSPS) is 16.4. The molecule has 4 rings (SSSR count). The highest BCUT2D eigenvalue weighted by Crippen LogP contribution is 2.28. The Labute approximate surface area is 282 Å². The Bertz CT molecular complexity index is 1800. The first-order valence-corrected chi connectivity index (χ1v) is 15.2. The van der Waals surface area contributed by atoms with E-state index in [4.69, 9.17) is 32.7 Å². The van der Waals surface area contributed by atoms with E-state index in [0.29, 0.717) is 10.2 Å². The van der Waals surface area contributed by atoms with Crippen molar-refractivity contribution >= 4 is 46.9 Å². The van der Waals surface area contributed by atoms with Crippen LogP contribution < -0.4 is 11.0 Å². The first-order chi connectivity index (χ1) is 22.5. The lowest BCUT2D eigenvalue weighted by molar-refractivity contribution is -0.142. The molecular weight excluding hydrogens is 684 g/mol. The van der Waals surface area contributed by atoms with Crippen LogP contribution in [0.4, 0.5) is 13.2 Å². The van der Waals surface area contributed by atoms with Gasteiger partial charge >= 0.3 is 24.2 Å². The number of nitrogens with zero attached hydrogens (tertiary/aromatic N) is 5. The van der Waals surface area contributed by atoms with Gasteiger partial charge < -0.3 is 19.9 Å². The van der Waals surface area contributed by atoms with E-state index in [0.717, 1.165) is 12.1 Å². The van der Waals surface area contributed by atoms with E-state index in [2.05, 4.69) is 20.4 Å². The minimum Gasteiger partial charge on any atom is -0.478 e. The van der Waals surface area contributed by atoms with Gasteiger partial charge in [0.15, 0.2) is 11.7 Å². The van der Waals surface area contributed by atoms with Gasteiger partial charge in [-0.2, -0.15) is 13.5 Å². The molecule has 1 aliphatic heterocycles. The van der Waals surface area contributed by atoms with Crippen molar-refractivity contribution in [3.8, 4) is 5.69 Å². The highest BCUT2D eigenvalue weighted by molar-refractivity contribution is 6.32. The van der Waals surface area contributed by atoms with Crippen LogP contribution in [0.25, 0.3) is 5.69 Å². The number of rotatable bonds is 11. The van der Waals surface area contributed by atoms with Gasteiger partial charge in [-0.1, -0.05) is 25.4 Å². The van der Waals surface area contributed by atoms with Crippen molar-refractivity contribution in [2.24, 2.45) is 10.9 Å². The largest absolute Gasteiger partial charge is 0.478 e. The highest BCUT2D eigenvalue weighted by atomic mass is 35.5. The third-order valence-electron chi connectivity index (χ3n) is 7.33. The Morgan fingerprint density at radius 3 is 2.38 bits per heavy atom. The van der Waals surface area contributed by atoms with E-state index < -0.39 is 40.9 Å². The zero-order valence-corrected chi connectivity index (χ0v) is 28.2. The van der Waals surface area contributed by atoms with E-state index >= 15 is 0 Å². The first-order valence-electron chi connectivity index (χ1n) is 14.3. The van der Waals surface area contributed by atoms with Gasteiger partial charge in [0.2, 0.25) is 0 Å². The van der Waals surface area contributed by atoms with E-state index in [1.807, 2.05) is 13.8 Å². The third-order valence-corrected chi connectivity index (χ3v) is 8.02. The number of ether oxygens (including phenoxy) is 2. The number of methoxy groups -OCH3 is 1. The molecule has 2 N–H and O–H groups in total. The summed E-state index contributed by atoms with van der Waals surface area (Å²) in [5, 5.41) is 14.5. The van der Waals surface area contributed by atoms with Gasteiger partial charge in [0, 0.05) is 24.8 Å². The molecule has 3 heterocycles. The molecule has 48 heavy (non-hydrogen) atoms. The van der Waals surface area contributed by atoms with Crippen LogP contribution in [-0.4, -0.2) is 72.8 Å². The number of aryl methyl sites for hydroxylation is 1. The number of carboxylic acids is 1. The van der Waals surface area contributed by atoms with Crippen LogP contribution in [0.1, 0.15) is 67.2 Å². The summed E-state index contributed by atoms with van der Waals surface area (Å²) in [6.07, 6.45) is 1.40. The summed E-state index contributed by atoms with van der Waals surface area (Å²) in [6, 6.07) is 3.51. The molecule has 3 aromatic rings. The quantitative estimate of drug-likeness (QED) is 0.215. The topological polar surface area (TPSA) is 167 Å². The summed E-state index contributed by atoms with van der Waals surface area (Å²) in [7, 11) is 1.52. The Morgan fingerprint density at radius 2 is 1.85 bits per heavy atom. The molecule has 0 spiro atoms. The molecule has 0 fully saturated rings. The van der Waals surface area contributed by atoms with Gasteiger partial charge in [0.25, 0.3) is 5.91 Å². The number of nitrogens with one attached hydrogen (secondary N) is 1. The van der Waals surface area contributed by atoms with Gasteiger partial charge in [0.1, 0.15) is 28.1 Å². The number of benzene rings is 1. The van der Waals surface area contributed by atoms with Crippen LogP contribution in [0.15, 0.2) is 34.2 Å². The number of alkyl halides is 3. The number of hydrogen-bond acceptors (Lipinski definition) is 9. The molecule has 0 saturated heterocycles. The number of amidine groups is 1. The Hall–Kier alpha value is -4.28. The molecule has 2 aromatic heterocycles. The number of aromatic carboxylic acids is 1. The van der Waals surface area contributed by atoms with Gasteiger partial charge in [-0.05, 0) is 56.0 Å². The SMILES string of the molecule is CCOC(=O)C(Cl)Cc1cc(-n2nc(C)n(C(F)F)c2=O)c(F)cc1Cl.COCc1cnc(C2=NC(C)(C(C)C)C(=O)N2)c(C(=O)O)c1. The van der Waals surface area contributed by atoms with Gasteiger partial charge in [-0.15, -0.1) is 16.7 Å². The van der Waals surface area contributed by atoms with Gasteiger partial charge in [0.05, 0.1) is 18.8 Å². The summed E-state index contributed by atoms with van der Waals surface area (Å²) in [6.45, 7) is 5.56. The first kappa shape index (κ1) is 38.2. The second-order valence-corrected chi connectivity index (χ2v) is 11.8. The number of amides is 1. The monoisotopic (exact) mass is 716 g/mol. The number of aromatic nitrogens is 4. The molecule has 1 aliphatic rings. The fourth-order valence-corrected chi connectivity index (χ4v) is 4.88. The number of carbonyl (C=O) groups is 3. The molecule has 0 bridgehead atoms. The fraction of sp³-hybridized carbons (Fsp3) is 0.433. The van der Waals surface area contributed by atoms with Gasteiger partial charge in [-0.25, -0.2) is 23.5 Å². The maximum absolute atomic E-state index is 14.2. The minimum absolute atomic E-state index is 0.0124. The molecule has 2 atom stereocenters. The molecule has 0 aliphatic carbocycles. The molecule has 1 amide bonds. The molecular formula is C30H33Cl2F3N6O7. The van der Waals surface area contributed by atoms with Crippen molar-refractivity contribution in [1.82, 2.24) is 24.6 Å². The zero-order valence-electron chi connectivity index (χ0n) is 26.7. The summed E-state index contributed by atoms with van der Waals surface area (Å²) in [5.74, 6) is -3.13. The Kier molecular flexibility index (Phi) is 12.5. The summed E-state index contributed by atoms with van der Waals surface area (Å²) in [5.41, 5.74) is -1.50. The smallest absolute Gasteiger partial charge is 0.355 e. The maximum atomic E-state index is 14.2. The second-order valence-electron chi connectivity index (χ2n) is 10.9. The summed E-state index contributed by atoms with van der Waals surface area (Å²) in [4.78, 5) is 55.9. The second kappa shape index (κ2) is 15.7. The highest BCUT2D eigenvalue weighted by Gasteiger charge is 2.43. The number of pyridine rings is 1. The van der Waals surface area contributed by atoms with E-state index in [1.165, 1.54) is 26.3 Å². The number of aliphatic imine (C=N–C) groups is 1. The number of carbonyl (C=O) groups excluding carboxylic acids is 2. The zero-order chi connectivity index (χ0) is 36.1. The summed E-state index contributed by atoms with van der Waals surface area (Å²) < 4.78 is 50.5. The van der Waals surface area contributed by atoms with Crippen LogP contribution in [0, 0.1) is 18.7 Å². The van der Waals surface area contributed by atoms with Crippen molar-refractivity contribution in [3.05, 3.63) is 73.9 Å². The van der Waals surface area contributed by atoms with Crippen molar-refractivity contribution < 1.29 is 42.1 Å². The molecule has 0 saturated carbocycles. The third kappa shape index (κ3) is 8.22. The number of carboxylic acid groups (broad SMARTS) is 1. The molecule has 18 heteroatoms. The van der Waals surface area contributed by atoms with Crippen LogP contribution >= 0.6 is 23.2 Å². The van der Waals surface area contributed by atoms with Gasteiger partial charge in [-0.3, -0.25) is 14.6 Å². The van der Waals surface area contributed by atoms with Crippen molar-refractivity contribution in [2.75, 3.05) is 13.7 Å². The van der Waals surface area contributed by atoms with Crippen LogP contribution in [0.5, 0.6) is 0 Å². The number of halogens is 5. The average molecular weight is 718 g/mol. The Morgan fingerprint density at radius 1 is 1.19 bits per heavy atom. The molecule has 260 valence electrons. The fourth-order valence-electron chi connectivity index (χ4n) is 4.42. The molecule has 1 aromatic carbocycles. The average Bonchev–Trinajstić information content (AvgIpc) is 3.49. The van der Waals surface area contributed by atoms with E-state index in [-0.39, 0.29) is 75.2 Å². The van der Waals surface area contributed by atoms with Crippen LogP contribution in [-0.2, 0) is 32.1 Å². The van der Waals surface area contributed by atoms with Crippen LogP contribution in [0.3, 0.4) is 0 Å². The number of hydrogen-bond donors (Lipinski definition) is 2. The number of esters is 1. The lowest BCUT2D eigenvalue weighted by Crippen LogP contribution is -2.41. The lowest BCUT2D eigenvalue weighted by atomic mass is 9.89. The van der Waals surface area contributed by atoms with Crippen molar-refractivity contribution in [1.29, 1.82) is 0 Å². The van der Waals surface area contributed by atoms with Crippen LogP contribution in [0.2, 0.25) is 5.02 Å². The molecule has 0 radical (unpaired) electrons. The minimum atomic E-state index is -3.12. The maximum Gasteiger partial charge on any atom is 0.355 e. The van der Waals surface area contributed by atoms with Crippen molar-refractivity contribution in [2.45, 2.75) is 65.1 Å². The standard InChI is InChI=1S/C15H14Cl2F3N3O3.C15H19N3O4/c1-3-26-13(24)10(17)4-8-5-12(11(18)6-9(8)16)23-15(25)22(14(19)20)7(2)21-23;1-8(2)15(3)14(21)17-12(18-15)11-10(13(19)20)5-9(6-16-11)7-22-4/h5-6,10,14H,3-4H2,1-2H3;5-6,8H,7H2,1-4H3,(H,19,20)(H,17,18,21). The molecule has 13 nitrogen and oxygen atoms in total.